The molecule has 6 nitrogen and oxygen atoms in total. The van der Waals surface area contributed by atoms with Crippen molar-refractivity contribution in [3.63, 3.8) is 0 Å². The van der Waals surface area contributed by atoms with Gasteiger partial charge in [-0.05, 0) is 19.3 Å². The van der Waals surface area contributed by atoms with Gasteiger partial charge in [-0.25, -0.2) is 4.79 Å². The van der Waals surface area contributed by atoms with Gasteiger partial charge in [0.15, 0.2) is 0 Å². The summed E-state index contributed by atoms with van der Waals surface area (Å²) in [6.07, 6.45) is 22.9. The smallest absolute Gasteiger partial charge is 0.328 e. The maximum absolute atomic E-state index is 12.4. The van der Waals surface area contributed by atoms with E-state index < -0.39 is 18.0 Å². The molecular formula is C29H55NO5. The summed E-state index contributed by atoms with van der Waals surface area (Å²) in [6, 6.07) is -0.875. The quantitative estimate of drug-likeness (QED) is 0.0942. The number of hydrogen-bond acceptors (Lipinski definition) is 4. The number of carboxylic acids is 1. The standard InChI is InChI=1S/C29H55NO5/c1-3-5-7-9-11-13-15-17-19-21-25-35-29(34)26(23-24-28(32)33)30-27(31)22-20-18-16-14-12-10-8-6-4-2/h26H,3-25H2,1-2H3,(H,30,31)(H,32,33)/t26-/m0/s1. The number of carbonyl (C=O) groups is 3. The Morgan fingerprint density at radius 1 is 0.629 bits per heavy atom. The number of hydrogen-bond donors (Lipinski definition) is 2. The van der Waals surface area contributed by atoms with Crippen LogP contribution in [0.1, 0.15) is 155 Å². The van der Waals surface area contributed by atoms with Crippen LogP contribution in [0.3, 0.4) is 0 Å². The lowest BCUT2D eigenvalue weighted by Gasteiger charge is -2.17. The summed E-state index contributed by atoms with van der Waals surface area (Å²) in [6.45, 7) is 4.77. The molecule has 0 saturated carbocycles. The molecule has 0 aromatic heterocycles. The van der Waals surface area contributed by atoms with Crippen LogP contribution in [-0.2, 0) is 19.1 Å². The van der Waals surface area contributed by atoms with Gasteiger partial charge in [0.1, 0.15) is 6.04 Å². The predicted octanol–water partition coefficient (Wildman–Crippen LogP) is 7.72. The molecule has 35 heavy (non-hydrogen) atoms. The summed E-state index contributed by atoms with van der Waals surface area (Å²) in [5, 5.41) is 11.7. The Hall–Kier alpha value is -1.59. The van der Waals surface area contributed by atoms with Crippen LogP contribution >= 0.6 is 0 Å². The molecule has 0 aromatic rings. The van der Waals surface area contributed by atoms with Crippen molar-refractivity contribution in [1.82, 2.24) is 5.32 Å². The highest BCUT2D eigenvalue weighted by Crippen LogP contribution is 2.12. The van der Waals surface area contributed by atoms with E-state index in [4.69, 9.17) is 9.84 Å². The number of esters is 1. The summed E-state index contributed by atoms with van der Waals surface area (Å²) in [7, 11) is 0. The number of carbonyl (C=O) groups excluding carboxylic acids is 2. The molecule has 0 fully saturated rings. The van der Waals surface area contributed by atoms with Crippen molar-refractivity contribution in [1.29, 1.82) is 0 Å². The minimum Gasteiger partial charge on any atom is -0.481 e. The predicted molar refractivity (Wildman–Crippen MR) is 143 cm³/mol. The highest BCUT2D eigenvalue weighted by molar-refractivity contribution is 5.84. The van der Waals surface area contributed by atoms with Crippen LogP contribution in [0.25, 0.3) is 0 Å². The third-order valence-electron chi connectivity index (χ3n) is 6.52. The summed E-state index contributed by atoms with van der Waals surface area (Å²) < 4.78 is 5.36. The lowest BCUT2D eigenvalue weighted by Crippen LogP contribution is -2.42. The van der Waals surface area contributed by atoms with Crippen molar-refractivity contribution in [2.75, 3.05) is 6.61 Å². The van der Waals surface area contributed by atoms with Gasteiger partial charge in [0.05, 0.1) is 6.61 Å². The van der Waals surface area contributed by atoms with E-state index in [2.05, 4.69) is 19.2 Å². The SMILES string of the molecule is CCCCCCCCCCCCOC(=O)[C@H](CCC(=O)O)NC(=O)CCCCCCCCCCC. The minimum absolute atomic E-state index is 0.0652. The molecule has 0 spiro atoms. The Balaban J connectivity index is 3.99. The molecule has 0 aliphatic heterocycles. The Bertz CT molecular complexity index is 523. The molecule has 0 bridgehead atoms. The number of ether oxygens (including phenoxy) is 1. The number of unbranched alkanes of at least 4 members (excludes halogenated alkanes) is 17. The van der Waals surface area contributed by atoms with Gasteiger partial charge < -0.3 is 15.2 Å². The zero-order valence-electron chi connectivity index (χ0n) is 22.9. The van der Waals surface area contributed by atoms with Crippen LogP contribution < -0.4 is 5.32 Å². The summed E-state index contributed by atoms with van der Waals surface area (Å²) in [5.74, 6) is -1.69. The van der Waals surface area contributed by atoms with E-state index >= 15 is 0 Å². The molecule has 0 aromatic carbocycles. The number of rotatable bonds is 26. The third kappa shape index (κ3) is 23.9. The number of nitrogens with one attached hydrogen (secondary N) is 1. The second-order valence-electron chi connectivity index (χ2n) is 9.98. The van der Waals surface area contributed by atoms with Crippen molar-refractivity contribution in [3.05, 3.63) is 0 Å². The Labute approximate surface area is 215 Å². The number of amides is 1. The van der Waals surface area contributed by atoms with Crippen molar-refractivity contribution >= 4 is 17.8 Å². The second kappa shape index (κ2) is 25.5. The fourth-order valence-electron chi connectivity index (χ4n) is 4.24. The van der Waals surface area contributed by atoms with E-state index in [1.165, 1.54) is 83.5 Å². The lowest BCUT2D eigenvalue weighted by molar-refractivity contribution is -0.148. The number of aliphatic carboxylic acids is 1. The molecule has 0 aliphatic carbocycles. The van der Waals surface area contributed by atoms with Gasteiger partial charge in [-0.15, -0.1) is 0 Å². The fraction of sp³-hybridized carbons (Fsp3) is 0.897. The molecule has 0 radical (unpaired) electrons. The Morgan fingerprint density at radius 2 is 1.06 bits per heavy atom. The summed E-state index contributed by atoms with van der Waals surface area (Å²) >= 11 is 0. The first kappa shape index (κ1) is 33.4. The highest BCUT2D eigenvalue weighted by Gasteiger charge is 2.23. The van der Waals surface area contributed by atoms with E-state index in [9.17, 15) is 14.4 Å². The molecular weight excluding hydrogens is 442 g/mol. The van der Waals surface area contributed by atoms with E-state index in [0.717, 1.165) is 38.5 Å². The average molecular weight is 498 g/mol. The number of carboxylic acid groups (broad SMARTS) is 1. The van der Waals surface area contributed by atoms with E-state index in [0.29, 0.717) is 13.0 Å². The topological polar surface area (TPSA) is 92.7 Å². The molecule has 206 valence electrons. The largest absolute Gasteiger partial charge is 0.481 e. The molecule has 0 aliphatic rings. The van der Waals surface area contributed by atoms with Crippen molar-refractivity contribution < 1.29 is 24.2 Å². The van der Waals surface area contributed by atoms with Crippen LogP contribution in [-0.4, -0.2) is 35.6 Å². The lowest BCUT2D eigenvalue weighted by atomic mass is 10.1. The van der Waals surface area contributed by atoms with Crippen LogP contribution in [0.4, 0.5) is 0 Å². The monoisotopic (exact) mass is 497 g/mol. The molecule has 0 saturated heterocycles. The Kier molecular flexibility index (Phi) is 24.3. The molecule has 1 atom stereocenters. The van der Waals surface area contributed by atoms with Crippen LogP contribution in [0, 0.1) is 0 Å². The summed E-state index contributed by atoms with van der Waals surface area (Å²) in [4.78, 5) is 35.7. The maximum atomic E-state index is 12.4. The first-order valence-electron chi connectivity index (χ1n) is 14.7. The van der Waals surface area contributed by atoms with Crippen molar-refractivity contribution in [3.8, 4) is 0 Å². The molecule has 0 rings (SSSR count). The first-order valence-corrected chi connectivity index (χ1v) is 14.7. The van der Waals surface area contributed by atoms with Crippen molar-refractivity contribution in [2.24, 2.45) is 0 Å². The van der Waals surface area contributed by atoms with Crippen LogP contribution in [0.5, 0.6) is 0 Å². The van der Waals surface area contributed by atoms with E-state index in [-0.39, 0.29) is 18.7 Å². The van der Waals surface area contributed by atoms with Gasteiger partial charge in [0.2, 0.25) is 5.91 Å². The highest BCUT2D eigenvalue weighted by atomic mass is 16.5. The molecule has 0 unspecified atom stereocenters. The maximum Gasteiger partial charge on any atom is 0.328 e. The van der Waals surface area contributed by atoms with E-state index in [1.54, 1.807) is 0 Å². The van der Waals surface area contributed by atoms with Gasteiger partial charge in [0, 0.05) is 12.8 Å². The van der Waals surface area contributed by atoms with E-state index in [1.807, 2.05) is 0 Å². The Morgan fingerprint density at radius 3 is 1.51 bits per heavy atom. The fourth-order valence-corrected chi connectivity index (χ4v) is 4.24. The molecule has 0 heterocycles. The van der Waals surface area contributed by atoms with Gasteiger partial charge in [-0.3, -0.25) is 9.59 Å². The normalized spacial score (nSPS) is 11.8. The molecule has 1 amide bonds. The van der Waals surface area contributed by atoms with Gasteiger partial charge >= 0.3 is 11.9 Å². The van der Waals surface area contributed by atoms with Crippen LogP contribution in [0.2, 0.25) is 0 Å². The van der Waals surface area contributed by atoms with Crippen molar-refractivity contribution in [2.45, 2.75) is 161 Å². The van der Waals surface area contributed by atoms with Crippen LogP contribution in [0.15, 0.2) is 0 Å². The third-order valence-corrected chi connectivity index (χ3v) is 6.52. The zero-order chi connectivity index (χ0) is 26.0. The van der Waals surface area contributed by atoms with Gasteiger partial charge in [-0.1, -0.05) is 123 Å². The van der Waals surface area contributed by atoms with Gasteiger partial charge in [-0.2, -0.15) is 0 Å². The zero-order valence-corrected chi connectivity index (χ0v) is 22.9. The summed E-state index contributed by atoms with van der Waals surface area (Å²) in [5.41, 5.74) is 0. The van der Waals surface area contributed by atoms with Gasteiger partial charge in [0.25, 0.3) is 0 Å². The first-order chi connectivity index (χ1) is 17.0. The average Bonchev–Trinajstić information content (AvgIpc) is 2.83. The minimum atomic E-state index is -0.981. The molecule has 6 heteroatoms. The second-order valence-corrected chi connectivity index (χ2v) is 9.98. The molecule has 2 N–H and O–H groups in total.